The van der Waals surface area contributed by atoms with Crippen LogP contribution in [0.1, 0.15) is 34.1 Å². The van der Waals surface area contributed by atoms with Gasteiger partial charge in [0.25, 0.3) is 11.8 Å². The molecule has 1 heterocycles. The minimum atomic E-state index is -0.382. The molecule has 0 bridgehead atoms. The first-order chi connectivity index (χ1) is 7.61. The zero-order valence-corrected chi connectivity index (χ0v) is 8.78. The molecule has 0 radical (unpaired) electrons. The molecular formula is C11H11N3O2. The van der Waals surface area contributed by atoms with E-state index in [2.05, 4.69) is 10.3 Å². The number of nitrogens with zero attached hydrogens (tertiary/aromatic N) is 1. The summed E-state index contributed by atoms with van der Waals surface area (Å²) < 4.78 is 0. The van der Waals surface area contributed by atoms with Crippen molar-refractivity contribution in [1.82, 2.24) is 5.32 Å². The van der Waals surface area contributed by atoms with Gasteiger partial charge in [-0.25, -0.2) is 4.99 Å². The predicted molar refractivity (Wildman–Crippen MR) is 59.8 cm³/mol. The number of amides is 2. The summed E-state index contributed by atoms with van der Waals surface area (Å²) in [7, 11) is 0. The van der Waals surface area contributed by atoms with Gasteiger partial charge in [0.15, 0.2) is 0 Å². The first-order valence-electron chi connectivity index (χ1n) is 4.94. The summed E-state index contributed by atoms with van der Waals surface area (Å²) in [4.78, 5) is 26.8. The van der Waals surface area contributed by atoms with Crippen LogP contribution in [-0.2, 0) is 0 Å². The topological polar surface area (TPSA) is 84.5 Å². The zero-order chi connectivity index (χ0) is 11.7. The molecule has 0 fully saturated rings. The normalized spacial score (nSPS) is 14.9. The van der Waals surface area contributed by atoms with Gasteiger partial charge in [0.05, 0.1) is 22.6 Å². The third kappa shape index (κ3) is 1.67. The Balaban J connectivity index is 2.44. The average molecular weight is 217 g/mol. The van der Waals surface area contributed by atoms with Gasteiger partial charge in [-0.05, 0) is 18.2 Å². The molecule has 0 aromatic heterocycles. The Morgan fingerprint density at radius 1 is 1.31 bits per heavy atom. The molecular weight excluding hydrogens is 206 g/mol. The van der Waals surface area contributed by atoms with E-state index in [0.29, 0.717) is 29.1 Å². The zero-order valence-electron chi connectivity index (χ0n) is 8.78. The predicted octanol–water partition coefficient (Wildman–Crippen LogP) is 0.969. The number of imide groups is 1. The quantitative estimate of drug-likeness (QED) is 0.439. The molecule has 0 atom stereocenters. The van der Waals surface area contributed by atoms with Crippen LogP contribution in [0.3, 0.4) is 0 Å². The number of nitrogens with one attached hydrogen (secondary N) is 1. The van der Waals surface area contributed by atoms with Crippen LogP contribution >= 0.6 is 0 Å². The number of hydrogen-bond acceptors (Lipinski definition) is 3. The van der Waals surface area contributed by atoms with E-state index in [1.807, 2.05) is 6.92 Å². The number of rotatable bonds is 2. The largest absolute Gasteiger partial charge is 0.387 e. The summed E-state index contributed by atoms with van der Waals surface area (Å²) in [6, 6.07) is 4.81. The van der Waals surface area contributed by atoms with Crippen molar-refractivity contribution in [3.63, 3.8) is 0 Å². The smallest absolute Gasteiger partial charge is 0.259 e. The van der Waals surface area contributed by atoms with Crippen molar-refractivity contribution in [2.75, 3.05) is 0 Å². The fourth-order valence-electron chi connectivity index (χ4n) is 1.47. The maximum absolute atomic E-state index is 11.4. The lowest BCUT2D eigenvalue weighted by atomic mass is 10.1. The highest BCUT2D eigenvalue weighted by Crippen LogP contribution is 2.22. The Bertz CT molecular complexity index is 506. The molecule has 5 heteroatoms. The molecule has 0 saturated heterocycles. The molecule has 3 N–H and O–H groups in total. The van der Waals surface area contributed by atoms with Gasteiger partial charge in [-0.3, -0.25) is 14.9 Å². The van der Waals surface area contributed by atoms with E-state index in [1.54, 1.807) is 18.2 Å². The highest BCUT2D eigenvalue weighted by atomic mass is 16.2. The van der Waals surface area contributed by atoms with Crippen molar-refractivity contribution in [2.45, 2.75) is 13.3 Å². The molecule has 0 aliphatic carbocycles. The fourth-order valence-corrected chi connectivity index (χ4v) is 1.47. The lowest BCUT2D eigenvalue weighted by Gasteiger charge is -1.99. The molecule has 1 aliphatic heterocycles. The minimum Gasteiger partial charge on any atom is -0.387 e. The van der Waals surface area contributed by atoms with Crippen LogP contribution in [0.4, 0.5) is 5.69 Å². The summed E-state index contributed by atoms with van der Waals surface area (Å²) in [6.45, 7) is 1.89. The van der Waals surface area contributed by atoms with Crippen molar-refractivity contribution < 1.29 is 9.59 Å². The molecule has 0 spiro atoms. The number of amidine groups is 1. The van der Waals surface area contributed by atoms with E-state index >= 15 is 0 Å². The van der Waals surface area contributed by atoms with Crippen LogP contribution in [-0.4, -0.2) is 17.6 Å². The monoisotopic (exact) mass is 217 g/mol. The lowest BCUT2D eigenvalue weighted by Crippen LogP contribution is -2.19. The fraction of sp³-hybridized carbons (Fsp3) is 0.182. The lowest BCUT2D eigenvalue weighted by molar-refractivity contribution is 0.0879. The number of aliphatic imine (C=N–C) groups is 1. The molecule has 0 unspecified atom stereocenters. The molecule has 1 aromatic rings. The maximum Gasteiger partial charge on any atom is 0.259 e. The highest BCUT2D eigenvalue weighted by molar-refractivity contribution is 6.21. The Morgan fingerprint density at radius 3 is 2.69 bits per heavy atom. The number of carbonyl (C=O) groups is 2. The minimum absolute atomic E-state index is 0.357. The van der Waals surface area contributed by atoms with Gasteiger partial charge in [-0.2, -0.15) is 0 Å². The number of nitrogens with two attached hydrogens (primary N) is 1. The second kappa shape index (κ2) is 3.77. The van der Waals surface area contributed by atoms with Crippen LogP contribution < -0.4 is 11.1 Å². The van der Waals surface area contributed by atoms with E-state index in [0.717, 1.165) is 0 Å². The van der Waals surface area contributed by atoms with Gasteiger partial charge >= 0.3 is 0 Å². The summed E-state index contributed by atoms with van der Waals surface area (Å²) in [5, 5.41) is 2.22. The Morgan fingerprint density at radius 2 is 2.00 bits per heavy atom. The molecule has 5 nitrogen and oxygen atoms in total. The van der Waals surface area contributed by atoms with Crippen LogP contribution in [0, 0.1) is 0 Å². The van der Waals surface area contributed by atoms with Crippen LogP contribution in [0.25, 0.3) is 0 Å². The Labute approximate surface area is 92.4 Å². The van der Waals surface area contributed by atoms with E-state index in [4.69, 9.17) is 5.73 Å². The number of fused-ring (bicyclic) bond motifs is 1. The number of hydrogen-bond donors (Lipinski definition) is 2. The highest BCUT2D eigenvalue weighted by Gasteiger charge is 2.26. The van der Waals surface area contributed by atoms with Crippen molar-refractivity contribution in [1.29, 1.82) is 0 Å². The van der Waals surface area contributed by atoms with Crippen LogP contribution in [0.5, 0.6) is 0 Å². The second-order valence-corrected chi connectivity index (χ2v) is 3.47. The van der Waals surface area contributed by atoms with E-state index in [9.17, 15) is 9.59 Å². The first-order valence-corrected chi connectivity index (χ1v) is 4.94. The van der Waals surface area contributed by atoms with Crippen molar-refractivity contribution >= 4 is 23.3 Å². The standard InChI is InChI=1S/C11H11N3O2/c1-2-9(12)13-6-3-4-7-8(5-6)11(16)14-10(7)15/h3-5H,2H2,1H3,(H2,12,13)(H,14,15,16). The molecule has 16 heavy (non-hydrogen) atoms. The summed E-state index contributed by atoms with van der Waals surface area (Å²) in [5.74, 6) is -0.254. The Kier molecular flexibility index (Phi) is 2.44. The van der Waals surface area contributed by atoms with E-state index < -0.39 is 0 Å². The molecule has 82 valence electrons. The summed E-state index contributed by atoms with van der Waals surface area (Å²) in [6.07, 6.45) is 0.641. The van der Waals surface area contributed by atoms with Gasteiger partial charge < -0.3 is 5.73 Å². The number of benzene rings is 1. The molecule has 2 amide bonds. The van der Waals surface area contributed by atoms with E-state index in [1.165, 1.54) is 0 Å². The van der Waals surface area contributed by atoms with Gasteiger partial charge in [-0.1, -0.05) is 6.92 Å². The summed E-state index contributed by atoms with van der Waals surface area (Å²) in [5.41, 5.74) is 6.93. The van der Waals surface area contributed by atoms with Gasteiger partial charge in [0.2, 0.25) is 0 Å². The molecule has 0 saturated carbocycles. The SMILES string of the molecule is CCC(N)=Nc1ccc2c(c1)C(=O)NC2=O. The average Bonchev–Trinajstić information content (AvgIpc) is 2.54. The third-order valence-electron chi connectivity index (χ3n) is 2.35. The van der Waals surface area contributed by atoms with Gasteiger partial charge in [-0.15, -0.1) is 0 Å². The Hall–Kier alpha value is -2.17. The first kappa shape index (κ1) is 10.4. The van der Waals surface area contributed by atoms with Crippen molar-refractivity contribution in [3.05, 3.63) is 29.3 Å². The van der Waals surface area contributed by atoms with Crippen molar-refractivity contribution in [2.24, 2.45) is 10.7 Å². The summed E-state index contributed by atoms with van der Waals surface area (Å²) >= 11 is 0. The van der Waals surface area contributed by atoms with Crippen molar-refractivity contribution in [3.8, 4) is 0 Å². The molecule has 1 aromatic carbocycles. The third-order valence-corrected chi connectivity index (χ3v) is 2.35. The maximum atomic E-state index is 11.4. The van der Waals surface area contributed by atoms with Gasteiger partial charge in [0, 0.05) is 6.42 Å². The number of carbonyl (C=O) groups excluding carboxylic acids is 2. The van der Waals surface area contributed by atoms with E-state index in [-0.39, 0.29) is 11.8 Å². The second-order valence-electron chi connectivity index (χ2n) is 3.47. The van der Waals surface area contributed by atoms with Gasteiger partial charge in [0.1, 0.15) is 0 Å². The van der Waals surface area contributed by atoms with Crippen LogP contribution in [0.15, 0.2) is 23.2 Å². The van der Waals surface area contributed by atoms with Crippen LogP contribution in [0.2, 0.25) is 0 Å². The molecule has 2 rings (SSSR count). The molecule has 1 aliphatic rings.